The molecule has 0 aromatic heterocycles. The van der Waals surface area contributed by atoms with Crippen molar-refractivity contribution >= 4 is 13.1 Å². The van der Waals surface area contributed by atoms with Gasteiger partial charge in [-0.15, -0.1) is 0 Å². The summed E-state index contributed by atoms with van der Waals surface area (Å²) in [6.45, 7) is 4.34. The van der Waals surface area contributed by atoms with Crippen molar-refractivity contribution < 1.29 is 4.65 Å². The van der Waals surface area contributed by atoms with E-state index in [2.05, 4.69) is 67.2 Å². The summed E-state index contributed by atoms with van der Waals surface area (Å²) in [6.07, 6.45) is 23.2. The fraction of sp³-hybridized carbons (Fsp3) is 0.381. The van der Waals surface area contributed by atoms with Crippen LogP contribution in [0.25, 0.3) is 0 Å². The number of unbranched alkanes of at least 4 members (excludes halogenated alkanes) is 2. The Morgan fingerprint density at radius 2 is 1.88 bits per heavy atom. The number of hydrogen-bond donors (Lipinski definition) is 0. The first-order chi connectivity index (χ1) is 11.8. The van der Waals surface area contributed by atoms with E-state index in [1.165, 1.54) is 5.57 Å². The lowest BCUT2D eigenvalue weighted by Gasteiger charge is -2.14. The summed E-state index contributed by atoms with van der Waals surface area (Å²) >= 11 is 0. The van der Waals surface area contributed by atoms with Crippen LogP contribution in [0.15, 0.2) is 76.5 Å². The fourth-order valence-corrected chi connectivity index (χ4v) is 2.60. The largest absolute Gasteiger partial charge is 0.551 e. The summed E-state index contributed by atoms with van der Waals surface area (Å²) in [7, 11) is 0. The van der Waals surface area contributed by atoms with Crippen LogP contribution in [0, 0.1) is 0 Å². The average Bonchev–Trinajstić information content (AvgIpc) is 2.92. The Morgan fingerprint density at radius 1 is 1.12 bits per heavy atom. The molecule has 0 saturated carbocycles. The maximum atomic E-state index is 6.33. The Balaban J connectivity index is 2.22. The van der Waals surface area contributed by atoms with Crippen LogP contribution in [0.1, 0.15) is 52.4 Å². The minimum absolute atomic E-state index is 0.0407. The van der Waals surface area contributed by atoms with E-state index in [1.807, 2.05) is 12.3 Å². The van der Waals surface area contributed by atoms with Crippen molar-refractivity contribution in [2.24, 2.45) is 4.99 Å². The van der Waals surface area contributed by atoms with E-state index in [1.54, 1.807) is 0 Å². The molecule has 0 N–H and O–H groups in total. The number of nitrogens with zero attached hydrogens (tertiary/aromatic N) is 1. The SMILES string of the molecule is CCC/C=C/B(/C=C/CCC)OC1=C2N=CC=CCC2=CCC=C1. The van der Waals surface area contributed by atoms with Crippen LogP contribution in [-0.2, 0) is 4.65 Å². The smallest absolute Gasteiger partial charge is 0.410 e. The van der Waals surface area contributed by atoms with Gasteiger partial charge in [0.1, 0.15) is 11.5 Å². The van der Waals surface area contributed by atoms with Gasteiger partial charge in [0.2, 0.25) is 0 Å². The second-order valence-corrected chi connectivity index (χ2v) is 6.01. The second kappa shape index (κ2) is 10.7. The summed E-state index contributed by atoms with van der Waals surface area (Å²) in [6, 6.07) is 0. The third-order valence-electron chi connectivity index (χ3n) is 3.90. The molecule has 126 valence electrons. The van der Waals surface area contributed by atoms with Gasteiger partial charge in [0.15, 0.2) is 0 Å². The third kappa shape index (κ3) is 5.88. The van der Waals surface area contributed by atoms with Gasteiger partial charge in [0.05, 0.1) is 0 Å². The number of allylic oxidation sites excluding steroid dienone is 8. The van der Waals surface area contributed by atoms with Crippen molar-refractivity contribution in [2.45, 2.75) is 52.4 Å². The van der Waals surface area contributed by atoms with Crippen LogP contribution in [0.4, 0.5) is 0 Å². The molecule has 1 heterocycles. The van der Waals surface area contributed by atoms with Gasteiger partial charge in [-0.1, -0.05) is 69.0 Å². The Hall–Kier alpha value is -2.03. The molecule has 2 aliphatic rings. The predicted octanol–water partition coefficient (Wildman–Crippen LogP) is 5.91. The van der Waals surface area contributed by atoms with Crippen LogP contribution in [0.3, 0.4) is 0 Å². The Morgan fingerprint density at radius 3 is 2.58 bits per heavy atom. The zero-order valence-electron chi connectivity index (χ0n) is 14.9. The first kappa shape index (κ1) is 18.3. The third-order valence-corrected chi connectivity index (χ3v) is 3.90. The first-order valence-electron chi connectivity index (χ1n) is 9.14. The predicted molar refractivity (Wildman–Crippen MR) is 106 cm³/mol. The normalized spacial score (nSPS) is 17.2. The summed E-state index contributed by atoms with van der Waals surface area (Å²) in [4.78, 5) is 4.61. The molecule has 0 aromatic rings. The molecule has 0 aromatic carbocycles. The topological polar surface area (TPSA) is 21.6 Å². The Labute approximate surface area is 147 Å². The fourth-order valence-electron chi connectivity index (χ4n) is 2.60. The molecule has 3 heteroatoms. The molecular weight excluding hydrogens is 293 g/mol. The molecule has 1 aliphatic carbocycles. The minimum Gasteiger partial charge on any atom is -0.551 e. The molecule has 0 unspecified atom stereocenters. The molecule has 0 amide bonds. The van der Waals surface area contributed by atoms with Gasteiger partial charge >= 0.3 is 6.92 Å². The van der Waals surface area contributed by atoms with Crippen molar-refractivity contribution in [1.29, 1.82) is 0 Å². The van der Waals surface area contributed by atoms with Crippen molar-refractivity contribution in [2.75, 3.05) is 0 Å². The second-order valence-electron chi connectivity index (χ2n) is 6.01. The number of hydrogen-bond acceptors (Lipinski definition) is 2. The monoisotopic (exact) mass is 321 g/mol. The molecular formula is C21H28BNO. The van der Waals surface area contributed by atoms with Gasteiger partial charge in [-0.2, -0.15) is 0 Å². The van der Waals surface area contributed by atoms with Gasteiger partial charge in [0.25, 0.3) is 0 Å². The average molecular weight is 321 g/mol. The van der Waals surface area contributed by atoms with E-state index in [0.29, 0.717) is 0 Å². The molecule has 0 spiro atoms. The van der Waals surface area contributed by atoms with Gasteiger partial charge in [-0.3, -0.25) is 4.99 Å². The highest BCUT2D eigenvalue weighted by molar-refractivity contribution is 6.63. The summed E-state index contributed by atoms with van der Waals surface area (Å²) in [5, 5.41) is 0. The summed E-state index contributed by atoms with van der Waals surface area (Å²) in [5.74, 6) is 5.18. The van der Waals surface area contributed by atoms with Gasteiger partial charge < -0.3 is 4.65 Å². The zero-order valence-corrected chi connectivity index (χ0v) is 14.9. The van der Waals surface area contributed by atoms with Crippen LogP contribution in [-0.4, -0.2) is 13.1 Å². The van der Waals surface area contributed by atoms with E-state index >= 15 is 0 Å². The standard InChI is InChI=1S/C21H28BNO/c1-3-5-10-16-22(17-11-6-4-2)24-20-15-8-7-13-19-14-9-12-18-23-21(19)20/h8-13,15-18H,3-7,14H2,1-2H3/b16-10+,17-11+. The lowest BCUT2D eigenvalue weighted by Crippen LogP contribution is -2.13. The van der Waals surface area contributed by atoms with Crippen molar-refractivity contribution in [3.8, 4) is 0 Å². The van der Waals surface area contributed by atoms with Gasteiger partial charge in [-0.25, -0.2) is 0 Å². The maximum Gasteiger partial charge on any atom is 0.410 e. The van der Waals surface area contributed by atoms with Crippen LogP contribution >= 0.6 is 0 Å². The van der Waals surface area contributed by atoms with E-state index in [0.717, 1.165) is 50.0 Å². The van der Waals surface area contributed by atoms with Crippen LogP contribution in [0.5, 0.6) is 0 Å². The number of rotatable bonds is 8. The summed E-state index contributed by atoms with van der Waals surface area (Å²) < 4.78 is 6.33. The molecule has 0 bridgehead atoms. The van der Waals surface area contributed by atoms with Crippen LogP contribution in [0.2, 0.25) is 0 Å². The van der Waals surface area contributed by atoms with Crippen molar-refractivity contribution in [3.63, 3.8) is 0 Å². The summed E-state index contributed by atoms with van der Waals surface area (Å²) in [5.41, 5.74) is 2.21. The van der Waals surface area contributed by atoms with E-state index in [-0.39, 0.29) is 6.92 Å². The molecule has 2 nitrogen and oxygen atoms in total. The highest BCUT2D eigenvalue weighted by Gasteiger charge is 2.17. The quantitative estimate of drug-likeness (QED) is 0.509. The zero-order chi connectivity index (χ0) is 17.0. The van der Waals surface area contributed by atoms with Gasteiger partial charge in [-0.05, 0) is 43.4 Å². The molecule has 2 rings (SSSR count). The van der Waals surface area contributed by atoms with E-state index in [4.69, 9.17) is 4.65 Å². The molecule has 0 radical (unpaired) electrons. The number of fused-ring (bicyclic) bond motifs is 1. The van der Waals surface area contributed by atoms with Gasteiger partial charge in [0, 0.05) is 6.21 Å². The molecule has 24 heavy (non-hydrogen) atoms. The molecule has 0 fully saturated rings. The Kier molecular flexibility index (Phi) is 8.16. The lowest BCUT2D eigenvalue weighted by atomic mass is 9.67. The molecule has 0 atom stereocenters. The molecule has 1 aliphatic heterocycles. The highest BCUT2D eigenvalue weighted by atomic mass is 16.4. The van der Waals surface area contributed by atoms with Crippen molar-refractivity contribution in [3.05, 3.63) is 71.5 Å². The Bertz CT molecular complexity index is 589. The van der Waals surface area contributed by atoms with E-state index < -0.39 is 0 Å². The molecule has 0 saturated heterocycles. The highest BCUT2D eigenvalue weighted by Crippen LogP contribution is 2.27. The van der Waals surface area contributed by atoms with Crippen molar-refractivity contribution in [1.82, 2.24) is 0 Å². The number of aliphatic imine (C=N–C) groups is 1. The van der Waals surface area contributed by atoms with Crippen LogP contribution < -0.4 is 0 Å². The first-order valence-corrected chi connectivity index (χ1v) is 9.14. The lowest BCUT2D eigenvalue weighted by molar-refractivity contribution is 0.462. The van der Waals surface area contributed by atoms with E-state index in [9.17, 15) is 0 Å². The maximum absolute atomic E-state index is 6.33. The minimum atomic E-state index is -0.0407.